The average Bonchev–Trinajstić information content (AvgIpc) is 2.99. The van der Waals surface area contributed by atoms with Crippen LogP contribution < -0.4 is 0 Å². The van der Waals surface area contributed by atoms with Crippen LogP contribution in [0.1, 0.15) is 0 Å². The topological polar surface area (TPSA) is 0 Å². The first-order chi connectivity index (χ1) is 11.8. The van der Waals surface area contributed by atoms with Crippen LogP contribution in [0.25, 0.3) is 42.1 Å². The monoisotopic (exact) mass is 344 g/mol. The smallest absolute Gasteiger partial charge is 0.0485 e. The second-order valence-corrected chi connectivity index (χ2v) is 7.44. The Hall–Kier alpha value is -2.35. The van der Waals surface area contributed by atoms with E-state index in [9.17, 15) is 0 Å². The predicted molar refractivity (Wildman–Crippen MR) is 107 cm³/mol. The van der Waals surface area contributed by atoms with E-state index in [0.717, 1.165) is 10.4 Å². The van der Waals surface area contributed by atoms with Crippen molar-refractivity contribution in [2.75, 3.05) is 0 Å². The van der Waals surface area contributed by atoms with Crippen LogP contribution in [0.15, 0.2) is 78.9 Å². The van der Waals surface area contributed by atoms with E-state index in [-0.39, 0.29) is 0 Å². The minimum atomic E-state index is 0.809. The summed E-state index contributed by atoms with van der Waals surface area (Å²) in [6.45, 7) is 0. The molecule has 0 saturated heterocycles. The fraction of sp³-hybridized carbons (Fsp3) is 0. The Balaban J connectivity index is 1.95. The van der Waals surface area contributed by atoms with Gasteiger partial charge >= 0.3 is 0 Å². The molecule has 0 aliphatic rings. The summed E-state index contributed by atoms with van der Waals surface area (Å²) in [5, 5.41) is 5.77. The lowest BCUT2D eigenvalue weighted by Gasteiger charge is -2.09. The molecule has 0 aliphatic carbocycles. The molecule has 5 aromatic rings. The summed E-state index contributed by atoms with van der Waals surface area (Å²) in [6, 6.07) is 27.8. The molecule has 1 aromatic heterocycles. The lowest BCUT2D eigenvalue weighted by Crippen LogP contribution is -1.82. The maximum atomic E-state index is 6.52. The van der Waals surface area contributed by atoms with E-state index >= 15 is 0 Å². The van der Waals surface area contributed by atoms with Gasteiger partial charge in [-0.15, -0.1) is 11.3 Å². The van der Waals surface area contributed by atoms with E-state index in [0.29, 0.717) is 0 Å². The number of fused-ring (bicyclic) bond motifs is 4. The summed E-state index contributed by atoms with van der Waals surface area (Å²) in [4.78, 5) is 0. The first-order valence-corrected chi connectivity index (χ1v) is 9.10. The number of halogens is 1. The van der Waals surface area contributed by atoms with E-state index in [1.807, 2.05) is 23.5 Å². The highest BCUT2D eigenvalue weighted by Gasteiger charge is 2.11. The van der Waals surface area contributed by atoms with Gasteiger partial charge in [-0.2, -0.15) is 0 Å². The third-order valence-corrected chi connectivity index (χ3v) is 6.01. The molecule has 0 saturated carbocycles. The zero-order chi connectivity index (χ0) is 16.1. The van der Waals surface area contributed by atoms with Crippen molar-refractivity contribution in [2.24, 2.45) is 0 Å². The van der Waals surface area contributed by atoms with Gasteiger partial charge in [0.25, 0.3) is 0 Å². The average molecular weight is 345 g/mol. The van der Waals surface area contributed by atoms with Crippen molar-refractivity contribution in [1.29, 1.82) is 0 Å². The Morgan fingerprint density at radius 1 is 0.583 bits per heavy atom. The fourth-order valence-corrected chi connectivity index (χ4v) is 4.74. The highest BCUT2D eigenvalue weighted by molar-refractivity contribution is 7.25. The Kier molecular flexibility index (Phi) is 3.12. The third-order valence-electron chi connectivity index (χ3n) is 4.55. The lowest BCUT2D eigenvalue weighted by atomic mass is 9.97. The summed E-state index contributed by atoms with van der Waals surface area (Å²) in [5.74, 6) is 0. The van der Waals surface area contributed by atoms with E-state index in [2.05, 4.69) is 66.7 Å². The molecule has 0 N–H and O–H groups in total. The highest BCUT2D eigenvalue weighted by Crippen LogP contribution is 2.40. The summed E-state index contributed by atoms with van der Waals surface area (Å²) < 4.78 is 2.61. The largest absolute Gasteiger partial charge is 0.135 e. The molecule has 24 heavy (non-hydrogen) atoms. The van der Waals surface area contributed by atoms with Gasteiger partial charge in [-0.3, -0.25) is 0 Å². The van der Waals surface area contributed by atoms with Gasteiger partial charge in [-0.05, 0) is 40.8 Å². The quantitative estimate of drug-likeness (QED) is 0.295. The van der Waals surface area contributed by atoms with Crippen molar-refractivity contribution in [3.63, 3.8) is 0 Å². The second kappa shape index (κ2) is 5.34. The lowest BCUT2D eigenvalue weighted by molar-refractivity contribution is 1.66. The molecule has 0 fully saturated rings. The molecule has 114 valence electrons. The molecule has 5 rings (SSSR count). The van der Waals surface area contributed by atoms with E-state index in [1.165, 1.54) is 36.7 Å². The molecule has 0 spiro atoms. The van der Waals surface area contributed by atoms with Gasteiger partial charge < -0.3 is 0 Å². The van der Waals surface area contributed by atoms with Crippen molar-refractivity contribution >= 4 is 53.9 Å². The van der Waals surface area contributed by atoms with Gasteiger partial charge in [-0.25, -0.2) is 0 Å². The summed E-state index contributed by atoms with van der Waals surface area (Å²) in [7, 11) is 0. The van der Waals surface area contributed by atoms with Crippen LogP contribution >= 0.6 is 22.9 Å². The Morgan fingerprint density at radius 3 is 2.25 bits per heavy atom. The second-order valence-electron chi connectivity index (χ2n) is 5.95. The first kappa shape index (κ1) is 14.0. The van der Waals surface area contributed by atoms with E-state index in [4.69, 9.17) is 11.6 Å². The maximum Gasteiger partial charge on any atom is 0.0485 e. The van der Waals surface area contributed by atoms with Crippen LogP contribution in [-0.4, -0.2) is 0 Å². The minimum absolute atomic E-state index is 0.809. The Morgan fingerprint density at radius 2 is 1.38 bits per heavy atom. The van der Waals surface area contributed by atoms with Crippen molar-refractivity contribution < 1.29 is 0 Å². The van der Waals surface area contributed by atoms with Crippen molar-refractivity contribution in [3.05, 3.63) is 83.9 Å². The standard InChI is InChI=1S/C22H13ClS/c23-20-11-10-15(14-6-2-1-3-7-14)17-12-19-16-8-4-5-9-21(16)24-22(19)13-18(17)20/h1-13H. The molecule has 4 aromatic carbocycles. The maximum absolute atomic E-state index is 6.52. The van der Waals surface area contributed by atoms with Gasteiger partial charge in [0, 0.05) is 30.6 Å². The number of benzene rings is 4. The van der Waals surface area contributed by atoms with Crippen LogP contribution in [0.4, 0.5) is 0 Å². The van der Waals surface area contributed by atoms with Gasteiger partial charge in [0.15, 0.2) is 0 Å². The van der Waals surface area contributed by atoms with Crippen LogP contribution in [0.2, 0.25) is 5.02 Å². The van der Waals surface area contributed by atoms with Crippen LogP contribution in [-0.2, 0) is 0 Å². The summed E-state index contributed by atoms with van der Waals surface area (Å²) in [6.07, 6.45) is 0. The molecule has 0 radical (unpaired) electrons. The zero-order valence-corrected chi connectivity index (χ0v) is 14.4. The van der Waals surface area contributed by atoms with Gasteiger partial charge in [0.1, 0.15) is 0 Å². The SMILES string of the molecule is Clc1ccc(-c2ccccc2)c2cc3c(cc12)sc1ccccc13. The summed E-state index contributed by atoms with van der Waals surface area (Å²) >= 11 is 8.35. The van der Waals surface area contributed by atoms with Crippen LogP contribution in [0.5, 0.6) is 0 Å². The van der Waals surface area contributed by atoms with Gasteiger partial charge in [0.2, 0.25) is 0 Å². The molecule has 1 heterocycles. The van der Waals surface area contributed by atoms with Crippen LogP contribution in [0, 0.1) is 0 Å². The number of thiophene rings is 1. The molecular formula is C22H13ClS. The number of hydrogen-bond acceptors (Lipinski definition) is 1. The fourth-order valence-electron chi connectivity index (χ4n) is 3.40. The van der Waals surface area contributed by atoms with Crippen molar-refractivity contribution in [3.8, 4) is 11.1 Å². The molecule has 0 amide bonds. The van der Waals surface area contributed by atoms with E-state index in [1.54, 1.807) is 0 Å². The molecule has 2 heteroatoms. The minimum Gasteiger partial charge on any atom is -0.135 e. The Bertz CT molecular complexity index is 1200. The molecule has 0 atom stereocenters. The van der Waals surface area contributed by atoms with Crippen molar-refractivity contribution in [2.45, 2.75) is 0 Å². The molecular weight excluding hydrogens is 332 g/mol. The van der Waals surface area contributed by atoms with Crippen LogP contribution in [0.3, 0.4) is 0 Å². The molecule has 0 unspecified atom stereocenters. The third kappa shape index (κ3) is 2.06. The molecule has 0 aliphatic heterocycles. The Labute approximate surface area is 148 Å². The van der Waals surface area contributed by atoms with Gasteiger partial charge in [-0.1, -0.05) is 66.2 Å². The first-order valence-electron chi connectivity index (χ1n) is 7.90. The molecule has 0 bridgehead atoms. The number of hydrogen-bond donors (Lipinski definition) is 0. The van der Waals surface area contributed by atoms with Gasteiger partial charge in [0.05, 0.1) is 0 Å². The highest BCUT2D eigenvalue weighted by atomic mass is 35.5. The predicted octanol–water partition coefficient (Wildman–Crippen LogP) is 7.53. The van der Waals surface area contributed by atoms with Crippen molar-refractivity contribution in [1.82, 2.24) is 0 Å². The normalized spacial score (nSPS) is 11.5. The summed E-state index contributed by atoms with van der Waals surface area (Å²) in [5.41, 5.74) is 2.45. The van der Waals surface area contributed by atoms with E-state index < -0.39 is 0 Å². The zero-order valence-electron chi connectivity index (χ0n) is 12.8. The molecule has 0 nitrogen and oxygen atoms in total. The number of rotatable bonds is 1.